The Morgan fingerprint density at radius 1 is 0.828 bits per heavy atom. The van der Waals surface area contributed by atoms with Crippen LogP contribution in [0.3, 0.4) is 0 Å². The molecule has 4 aliphatic heterocycles. The highest BCUT2D eigenvalue weighted by Gasteiger charge is 2.51. The van der Waals surface area contributed by atoms with Crippen LogP contribution >= 0.6 is 0 Å². The van der Waals surface area contributed by atoms with Gasteiger partial charge in [-0.25, -0.2) is 0 Å². The Bertz CT molecular complexity index is 525. The highest BCUT2D eigenvalue weighted by Crippen LogP contribution is 2.48. The number of ether oxygens (including phenoxy) is 2. The topological polar surface area (TPSA) is 24.9 Å². The fourth-order valence-electron chi connectivity index (χ4n) is 7.92. The molecule has 0 aliphatic carbocycles. The van der Waals surface area contributed by atoms with Crippen molar-refractivity contribution in [1.82, 2.24) is 9.80 Å². The van der Waals surface area contributed by atoms with E-state index in [1.165, 1.54) is 71.0 Å². The molecule has 4 saturated heterocycles. The summed E-state index contributed by atoms with van der Waals surface area (Å²) in [6.45, 7) is 15.2. The van der Waals surface area contributed by atoms with E-state index in [0.717, 1.165) is 50.1 Å². The zero-order chi connectivity index (χ0) is 20.5. The van der Waals surface area contributed by atoms with Crippen molar-refractivity contribution in [2.24, 2.45) is 23.7 Å². The van der Waals surface area contributed by atoms with Crippen molar-refractivity contribution in [2.75, 3.05) is 53.1 Å². The van der Waals surface area contributed by atoms with Gasteiger partial charge in [0.15, 0.2) is 0 Å². The summed E-state index contributed by atoms with van der Waals surface area (Å²) >= 11 is 0. The molecular weight excluding hydrogens is 360 g/mol. The number of nitrogens with zero attached hydrogens (tertiary/aromatic N) is 2. The zero-order valence-electron chi connectivity index (χ0n) is 19.6. The van der Waals surface area contributed by atoms with Gasteiger partial charge in [-0.1, -0.05) is 20.8 Å². The van der Waals surface area contributed by atoms with Gasteiger partial charge < -0.3 is 14.4 Å². The van der Waals surface area contributed by atoms with Gasteiger partial charge in [0, 0.05) is 37.5 Å². The summed E-state index contributed by atoms with van der Waals surface area (Å²) in [5.74, 6) is 3.33. The summed E-state index contributed by atoms with van der Waals surface area (Å²) in [5, 5.41) is 0. The van der Waals surface area contributed by atoms with E-state index in [2.05, 4.69) is 37.6 Å². The lowest BCUT2D eigenvalue weighted by Gasteiger charge is -2.47. The van der Waals surface area contributed by atoms with Gasteiger partial charge >= 0.3 is 0 Å². The zero-order valence-corrected chi connectivity index (χ0v) is 19.6. The molecule has 4 heterocycles. The first kappa shape index (κ1) is 22.0. The second kappa shape index (κ2) is 9.14. The first-order valence-corrected chi connectivity index (χ1v) is 12.6. The third-order valence-electron chi connectivity index (χ3n) is 9.55. The molecule has 0 aromatic carbocycles. The van der Waals surface area contributed by atoms with E-state index in [0.29, 0.717) is 11.1 Å². The van der Waals surface area contributed by atoms with E-state index < -0.39 is 0 Å². The summed E-state index contributed by atoms with van der Waals surface area (Å²) < 4.78 is 11.5. The molecule has 3 atom stereocenters. The lowest BCUT2D eigenvalue weighted by atomic mass is 9.71. The lowest BCUT2D eigenvalue weighted by Crippen LogP contribution is -2.53. The van der Waals surface area contributed by atoms with E-state index in [1.54, 1.807) is 0 Å². The first-order chi connectivity index (χ1) is 14.0. The highest BCUT2D eigenvalue weighted by molar-refractivity contribution is 5.05. The van der Waals surface area contributed by atoms with Crippen molar-refractivity contribution >= 4 is 0 Å². The van der Waals surface area contributed by atoms with E-state index in [9.17, 15) is 0 Å². The quantitative estimate of drug-likeness (QED) is 0.651. The third-order valence-corrected chi connectivity index (χ3v) is 9.55. The van der Waals surface area contributed by atoms with Gasteiger partial charge in [0.2, 0.25) is 0 Å². The maximum atomic E-state index is 5.78. The second-order valence-corrected chi connectivity index (χ2v) is 11.0. The molecule has 0 bridgehead atoms. The third kappa shape index (κ3) is 4.04. The van der Waals surface area contributed by atoms with Crippen molar-refractivity contribution < 1.29 is 9.47 Å². The van der Waals surface area contributed by atoms with Crippen molar-refractivity contribution in [3.05, 3.63) is 0 Å². The molecule has 168 valence electrons. The van der Waals surface area contributed by atoms with Crippen LogP contribution in [0.2, 0.25) is 0 Å². The Hall–Kier alpha value is -0.160. The number of rotatable bonds is 6. The van der Waals surface area contributed by atoms with E-state index in [1.807, 2.05) is 0 Å². The van der Waals surface area contributed by atoms with Gasteiger partial charge in [0.25, 0.3) is 0 Å². The Kier molecular flexibility index (Phi) is 6.95. The molecule has 4 nitrogen and oxygen atoms in total. The standard InChI is InChI=1S/C25H46N2O2/c1-20(2)22-8-15-27(25(22)11-18-29-19-12-25)13-5-6-21(3)23-7-14-26(4)24(23)9-16-28-17-10-24/h20-23H,5-19H2,1-4H3/t21?,22-,23?/m1/s1. The Balaban J connectivity index is 1.34. The number of hydrogen-bond acceptors (Lipinski definition) is 4. The molecule has 0 amide bonds. The molecule has 2 unspecified atom stereocenters. The van der Waals surface area contributed by atoms with E-state index in [-0.39, 0.29) is 0 Å². The van der Waals surface area contributed by atoms with Crippen LogP contribution in [-0.4, -0.2) is 74.0 Å². The maximum Gasteiger partial charge on any atom is 0.0483 e. The molecule has 4 fully saturated rings. The molecule has 0 radical (unpaired) electrons. The van der Waals surface area contributed by atoms with E-state index in [4.69, 9.17) is 9.47 Å². The molecule has 2 spiro atoms. The van der Waals surface area contributed by atoms with Gasteiger partial charge in [0.05, 0.1) is 0 Å². The average Bonchev–Trinajstić information content (AvgIpc) is 3.21. The van der Waals surface area contributed by atoms with Gasteiger partial charge in [-0.05, 0) is 102 Å². The first-order valence-electron chi connectivity index (χ1n) is 12.6. The minimum Gasteiger partial charge on any atom is -0.381 e. The summed E-state index contributed by atoms with van der Waals surface area (Å²) in [4.78, 5) is 5.58. The Morgan fingerprint density at radius 3 is 2.03 bits per heavy atom. The van der Waals surface area contributed by atoms with Crippen LogP contribution in [0, 0.1) is 23.7 Å². The molecular formula is C25H46N2O2. The Labute approximate surface area is 179 Å². The molecule has 29 heavy (non-hydrogen) atoms. The van der Waals surface area contributed by atoms with Crippen molar-refractivity contribution in [3.8, 4) is 0 Å². The Morgan fingerprint density at radius 2 is 1.41 bits per heavy atom. The summed E-state index contributed by atoms with van der Waals surface area (Å²) in [7, 11) is 2.36. The van der Waals surface area contributed by atoms with Crippen molar-refractivity contribution in [2.45, 2.75) is 83.2 Å². The number of hydrogen-bond donors (Lipinski definition) is 0. The van der Waals surface area contributed by atoms with Crippen LogP contribution in [0.4, 0.5) is 0 Å². The predicted molar refractivity (Wildman–Crippen MR) is 119 cm³/mol. The molecule has 0 aromatic heterocycles. The van der Waals surface area contributed by atoms with Gasteiger partial charge in [-0.3, -0.25) is 4.90 Å². The molecule has 4 heteroatoms. The van der Waals surface area contributed by atoms with Crippen LogP contribution in [0.25, 0.3) is 0 Å². The summed E-state index contributed by atoms with van der Waals surface area (Å²) in [5.41, 5.74) is 0.862. The smallest absolute Gasteiger partial charge is 0.0483 e. The second-order valence-electron chi connectivity index (χ2n) is 11.0. The normalized spacial score (nSPS) is 33.8. The highest BCUT2D eigenvalue weighted by atomic mass is 16.5. The van der Waals surface area contributed by atoms with Crippen LogP contribution in [0.1, 0.15) is 72.1 Å². The fourth-order valence-corrected chi connectivity index (χ4v) is 7.92. The maximum absolute atomic E-state index is 5.78. The lowest BCUT2D eigenvalue weighted by molar-refractivity contribution is -0.0397. The molecule has 0 N–H and O–H groups in total. The monoisotopic (exact) mass is 406 g/mol. The minimum atomic E-state index is 0.427. The molecule has 4 rings (SSSR count). The SMILES string of the molecule is CC(CCCN1CC[C@H](C(C)C)C12CCOCC2)C1CCN(C)C12CCOCC2. The molecule has 0 aromatic rings. The van der Waals surface area contributed by atoms with Gasteiger partial charge in [-0.15, -0.1) is 0 Å². The van der Waals surface area contributed by atoms with Gasteiger partial charge in [0.1, 0.15) is 0 Å². The largest absolute Gasteiger partial charge is 0.381 e. The van der Waals surface area contributed by atoms with Gasteiger partial charge in [-0.2, -0.15) is 0 Å². The van der Waals surface area contributed by atoms with Crippen LogP contribution in [-0.2, 0) is 9.47 Å². The van der Waals surface area contributed by atoms with Crippen LogP contribution in [0.15, 0.2) is 0 Å². The number of likely N-dealkylation sites (tertiary alicyclic amines) is 2. The average molecular weight is 407 g/mol. The van der Waals surface area contributed by atoms with Crippen LogP contribution in [0.5, 0.6) is 0 Å². The minimum absolute atomic E-state index is 0.427. The summed E-state index contributed by atoms with van der Waals surface area (Å²) in [6.07, 6.45) is 10.5. The van der Waals surface area contributed by atoms with Crippen molar-refractivity contribution in [3.63, 3.8) is 0 Å². The molecule has 4 aliphatic rings. The van der Waals surface area contributed by atoms with Crippen LogP contribution < -0.4 is 0 Å². The summed E-state index contributed by atoms with van der Waals surface area (Å²) in [6, 6.07) is 0. The van der Waals surface area contributed by atoms with E-state index >= 15 is 0 Å². The van der Waals surface area contributed by atoms with Crippen molar-refractivity contribution in [1.29, 1.82) is 0 Å². The fraction of sp³-hybridized carbons (Fsp3) is 1.00. The predicted octanol–water partition coefficient (Wildman–Crippen LogP) is 4.43. The molecule has 0 saturated carbocycles.